The lowest BCUT2D eigenvalue weighted by Gasteiger charge is -2.46. The van der Waals surface area contributed by atoms with Crippen molar-refractivity contribution in [2.75, 3.05) is 13.6 Å². The standard InChI is InChI=1S/C29H34N4O6S/c1-16-25-24(17(2)34)28(35)32(25)26(29(36)39-15-19-6-10-21(11-7-19)33(37)38)27(16)40-22-12-23(31-14-22)20-8-4-18(5-9-20)13-30-3/h4-11,16-17,22-25,30-31,34H,12-15H2,1-3H3/t16-,17-,22+,23-,24-,25-/m1/s1. The molecule has 0 spiro atoms. The van der Waals surface area contributed by atoms with Gasteiger partial charge in [-0.1, -0.05) is 31.2 Å². The molecule has 2 aromatic rings. The number of carbonyl (C=O) groups is 2. The Balaban J connectivity index is 1.32. The molecule has 6 atom stereocenters. The molecule has 3 N–H and O–H groups in total. The molecule has 0 radical (unpaired) electrons. The first-order valence-corrected chi connectivity index (χ1v) is 14.4. The van der Waals surface area contributed by atoms with E-state index in [1.165, 1.54) is 28.2 Å². The average Bonchev–Trinajstić information content (AvgIpc) is 3.49. The molecule has 0 unspecified atom stereocenters. The molecule has 0 bridgehead atoms. The van der Waals surface area contributed by atoms with Crippen LogP contribution in [0.15, 0.2) is 59.1 Å². The smallest absolute Gasteiger partial charge is 0.356 e. The number of hydrogen-bond donors (Lipinski definition) is 3. The zero-order chi connectivity index (χ0) is 28.6. The van der Waals surface area contributed by atoms with Crippen molar-refractivity contribution >= 4 is 29.3 Å². The fourth-order valence-corrected chi connectivity index (χ4v) is 7.37. The van der Waals surface area contributed by atoms with Gasteiger partial charge in [-0.25, -0.2) is 4.79 Å². The SMILES string of the molecule is CNCc1ccc([C@H]2C[C@H](SC3=C(C(=O)OCc4ccc([N+](=O)[O-])cc4)N4C(=O)[C@H]([C@@H](C)O)[C@H]4[C@H]3C)CN2)cc1. The van der Waals surface area contributed by atoms with Crippen molar-refractivity contribution in [3.63, 3.8) is 0 Å². The van der Waals surface area contributed by atoms with Gasteiger partial charge < -0.3 is 25.4 Å². The van der Waals surface area contributed by atoms with Gasteiger partial charge in [-0.15, -0.1) is 11.8 Å². The lowest BCUT2D eigenvalue weighted by molar-refractivity contribution is -0.384. The number of thioether (sulfide) groups is 1. The van der Waals surface area contributed by atoms with Gasteiger partial charge in [-0.3, -0.25) is 14.9 Å². The van der Waals surface area contributed by atoms with E-state index in [9.17, 15) is 24.8 Å². The number of nitro benzene ring substituents is 1. The van der Waals surface area contributed by atoms with E-state index in [4.69, 9.17) is 4.74 Å². The third-order valence-corrected chi connectivity index (χ3v) is 9.48. The molecule has 5 rings (SSSR count). The second-order valence-corrected chi connectivity index (χ2v) is 12.0. The molecular weight excluding hydrogens is 532 g/mol. The van der Waals surface area contributed by atoms with Crippen LogP contribution in [0.3, 0.4) is 0 Å². The van der Waals surface area contributed by atoms with E-state index in [1.54, 1.807) is 30.8 Å². The van der Waals surface area contributed by atoms with Crippen molar-refractivity contribution in [3.05, 3.63) is 85.9 Å². The molecule has 2 aromatic carbocycles. The summed E-state index contributed by atoms with van der Waals surface area (Å²) in [5.74, 6) is -1.55. The molecule has 0 aliphatic carbocycles. The van der Waals surface area contributed by atoms with Crippen molar-refractivity contribution in [3.8, 4) is 0 Å². The molecule has 3 heterocycles. The number of non-ortho nitro benzene ring substituents is 1. The van der Waals surface area contributed by atoms with Gasteiger partial charge in [0.25, 0.3) is 5.69 Å². The summed E-state index contributed by atoms with van der Waals surface area (Å²) in [4.78, 5) is 39.2. The monoisotopic (exact) mass is 566 g/mol. The minimum atomic E-state index is -0.818. The molecule has 0 saturated carbocycles. The lowest BCUT2D eigenvalue weighted by Crippen LogP contribution is -2.63. The Bertz CT molecular complexity index is 1310. The number of nitro groups is 1. The van der Waals surface area contributed by atoms with Gasteiger partial charge in [0, 0.05) is 47.3 Å². The number of fused-ring (bicyclic) bond motifs is 1. The largest absolute Gasteiger partial charge is 0.456 e. The zero-order valence-electron chi connectivity index (χ0n) is 22.7. The van der Waals surface area contributed by atoms with Gasteiger partial charge in [0.15, 0.2) is 0 Å². The molecule has 3 aliphatic rings. The van der Waals surface area contributed by atoms with Crippen LogP contribution >= 0.6 is 11.8 Å². The first-order chi connectivity index (χ1) is 19.2. The molecule has 2 saturated heterocycles. The van der Waals surface area contributed by atoms with Crippen LogP contribution in [0.2, 0.25) is 0 Å². The predicted octanol–water partition coefficient (Wildman–Crippen LogP) is 3.26. The summed E-state index contributed by atoms with van der Waals surface area (Å²) in [6.45, 7) is 5.11. The molecular formula is C29H34N4O6S. The summed E-state index contributed by atoms with van der Waals surface area (Å²) in [5, 5.41) is 28.2. The minimum Gasteiger partial charge on any atom is -0.456 e. The van der Waals surface area contributed by atoms with Gasteiger partial charge in [-0.2, -0.15) is 0 Å². The normalized spacial score (nSPS) is 26.4. The van der Waals surface area contributed by atoms with Crippen LogP contribution in [0.4, 0.5) is 5.69 Å². The number of benzene rings is 2. The number of hydrogen-bond acceptors (Lipinski definition) is 9. The molecule has 10 nitrogen and oxygen atoms in total. The van der Waals surface area contributed by atoms with Crippen LogP contribution in [0.1, 0.15) is 43.0 Å². The summed E-state index contributed by atoms with van der Waals surface area (Å²) in [5.41, 5.74) is 3.26. The molecule has 40 heavy (non-hydrogen) atoms. The third kappa shape index (κ3) is 5.38. The van der Waals surface area contributed by atoms with Crippen molar-refractivity contribution in [2.45, 2.75) is 56.9 Å². The number of ether oxygens (including phenoxy) is 1. The maximum atomic E-state index is 13.4. The predicted molar refractivity (Wildman–Crippen MR) is 151 cm³/mol. The van der Waals surface area contributed by atoms with Crippen molar-refractivity contribution in [1.29, 1.82) is 0 Å². The Labute approximate surface area is 237 Å². The van der Waals surface area contributed by atoms with Crippen LogP contribution in [0.25, 0.3) is 0 Å². The van der Waals surface area contributed by atoms with Crippen molar-refractivity contribution in [1.82, 2.24) is 15.5 Å². The highest BCUT2D eigenvalue weighted by atomic mass is 32.2. The first-order valence-electron chi connectivity index (χ1n) is 13.5. The number of nitrogens with one attached hydrogen (secondary N) is 2. The van der Waals surface area contributed by atoms with E-state index in [1.807, 2.05) is 14.0 Å². The van der Waals surface area contributed by atoms with E-state index >= 15 is 0 Å². The van der Waals surface area contributed by atoms with E-state index in [-0.39, 0.29) is 47.2 Å². The average molecular weight is 567 g/mol. The van der Waals surface area contributed by atoms with Crippen LogP contribution in [0.5, 0.6) is 0 Å². The van der Waals surface area contributed by atoms with Crippen LogP contribution in [0, 0.1) is 22.0 Å². The summed E-state index contributed by atoms with van der Waals surface area (Å²) >= 11 is 1.61. The molecule has 212 valence electrons. The summed E-state index contributed by atoms with van der Waals surface area (Å²) in [6.07, 6.45) is 0.0527. The van der Waals surface area contributed by atoms with Gasteiger partial charge in [0.2, 0.25) is 5.91 Å². The second kappa shape index (κ2) is 11.7. The number of esters is 1. The topological polar surface area (TPSA) is 134 Å². The maximum absolute atomic E-state index is 13.4. The first kappa shape index (κ1) is 28.3. The number of nitrogens with zero attached hydrogens (tertiary/aromatic N) is 2. The van der Waals surface area contributed by atoms with Gasteiger partial charge in [0.1, 0.15) is 12.3 Å². The fraction of sp³-hybridized carbons (Fsp3) is 0.448. The highest BCUT2D eigenvalue weighted by molar-refractivity contribution is 8.03. The molecule has 1 amide bonds. The molecule has 0 aromatic heterocycles. The Kier molecular flexibility index (Phi) is 8.27. The van der Waals surface area contributed by atoms with Gasteiger partial charge >= 0.3 is 5.97 Å². The Morgan fingerprint density at radius 3 is 2.52 bits per heavy atom. The maximum Gasteiger partial charge on any atom is 0.356 e. The number of β-lactam (4-membered cyclic amide) rings is 1. The Morgan fingerprint density at radius 2 is 1.90 bits per heavy atom. The number of aliphatic hydroxyl groups is 1. The van der Waals surface area contributed by atoms with Crippen LogP contribution < -0.4 is 10.6 Å². The minimum absolute atomic E-state index is 0.0448. The Hall–Kier alpha value is -3.25. The highest BCUT2D eigenvalue weighted by Crippen LogP contribution is 2.52. The van der Waals surface area contributed by atoms with Crippen LogP contribution in [-0.2, 0) is 27.5 Å². The quantitative estimate of drug-likeness (QED) is 0.171. The number of amides is 1. The summed E-state index contributed by atoms with van der Waals surface area (Å²) in [6, 6.07) is 14.3. The Morgan fingerprint density at radius 1 is 1.23 bits per heavy atom. The number of carbonyl (C=O) groups excluding carboxylic acids is 2. The van der Waals surface area contributed by atoms with Crippen molar-refractivity contribution in [2.24, 2.45) is 11.8 Å². The summed E-state index contributed by atoms with van der Waals surface area (Å²) in [7, 11) is 1.92. The molecule has 11 heteroatoms. The van der Waals surface area contributed by atoms with E-state index < -0.39 is 22.9 Å². The molecule has 2 fully saturated rings. The van der Waals surface area contributed by atoms with Gasteiger partial charge in [-0.05, 0) is 49.2 Å². The van der Waals surface area contributed by atoms with E-state index in [0.717, 1.165) is 24.4 Å². The molecule has 3 aliphatic heterocycles. The van der Waals surface area contributed by atoms with Crippen LogP contribution in [-0.4, -0.2) is 57.8 Å². The van der Waals surface area contributed by atoms with Gasteiger partial charge in [0.05, 0.1) is 23.0 Å². The van der Waals surface area contributed by atoms with E-state index in [0.29, 0.717) is 5.56 Å². The second-order valence-electron chi connectivity index (χ2n) is 10.7. The number of aliphatic hydroxyl groups excluding tert-OH is 1. The third-order valence-electron chi connectivity index (χ3n) is 7.97. The van der Waals surface area contributed by atoms with E-state index in [2.05, 4.69) is 34.9 Å². The lowest BCUT2D eigenvalue weighted by atomic mass is 9.79. The van der Waals surface area contributed by atoms with Crippen molar-refractivity contribution < 1.29 is 24.4 Å². The zero-order valence-corrected chi connectivity index (χ0v) is 23.5. The highest BCUT2D eigenvalue weighted by Gasteiger charge is 2.60. The summed E-state index contributed by atoms with van der Waals surface area (Å²) < 4.78 is 5.62. The fourth-order valence-electron chi connectivity index (χ4n) is 5.90. The number of rotatable bonds is 10.